The zero-order chi connectivity index (χ0) is 12.4. The summed E-state index contributed by atoms with van der Waals surface area (Å²) in [6.07, 6.45) is -1.92. The largest absolute Gasteiger partial charge is 0.390 e. The van der Waals surface area contributed by atoms with Gasteiger partial charge >= 0.3 is 6.18 Å². The Morgan fingerprint density at radius 1 is 1.31 bits per heavy atom. The second-order valence-corrected chi connectivity index (χ2v) is 5.32. The monoisotopic (exact) mass is 238 g/mol. The van der Waals surface area contributed by atoms with Crippen molar-refractivity contribution in [1.29, 1.82) is 0 Å². The fourth-order valence-corrected chi connectivity index (χ4v) is 2.87. The summed E-state index contributed by atoms with van der Waals surface area (Å²) in [5, 5.41) is 10.4. The summed E-state index contributed by atoms with van der Waals surface area (Å²) in [6.45, 7) is 3.96. The predicted octanol–water partition coefficient (Wildman–Crippen LogP) is 3.91. The fourth-order valence-electron chi connectivity index (χ4n) is 2.87. The third kappa shape index (κ3) is 3.65. The Morgan fingerprint density at radius 2 is 1.94 bits per heavy atom. The first kappa shape index (κ1) is 13.8. The first-order valence-electron chi connectivity index (χ1n) is 6.04. The molecule has 96 valence electrons. The molecule has 0 radical (unpaired) electrons. The standard InChI is InChI=1S/C12H21F3O/c1-9(2)10-5-3-4-6-11(10,16)7-8-12(13,14)15/h9-10,16H,3-8H2,1-2H3. The molecule has 0 aliphatic heterocycles. The predicted molar refractivity (Wildman–Crippen MR) is 57.0 cm³/mol. The summed E-state index contributed by atoms with van der Waals surface area (Å²) in [5.41, 5.74) is -1.10. The lowest BCUT2D eigenvalue weighted by atomic mass is 9.68. The van der Waals surface area contributed by atoms with Gasteiger partial charge in [0.1, 0.15) is 0 Å². The van der Waals surface area contributed by atoms with Crippen molar-refractivity contribution in [1.82, 2.24) is 0 Å². The molecule has 1 aliphatic carbocycles. The molecule has 1 nitrogen and oxygen atoms in total. The topological polar surface area (TPSA) is 20.2 Å². The lowest BCUT2D eigenvalue weighted by Crippen LogP contribution is -2.44. The molecule has 0 heterocycles. The number of rotatable bonds is 3. The van der Waals surface area contributed by atoms with E-state index < -0.39 is 18.2 Å². The van der Waals surface area contributed by atoms with E-state index in [-0.39, 0.29) is 18.3 Å². The van der Waals surface area contributed by atoms with Crippen LogP contribution in [-0.4, -0.2) is 16.9 Å². The van der Waals surface area contributed by atoms with Crippen LogP contribution in [0.1, 0.15) is 52.4 Å². The molecule has 1 aliphatic rings. The van der Waals surface area contributed by atoms with Crippen LogP contribution in [0.25, 0.3) is 0 Å². The third-order valence-corrected chi connectivity index (χ3v) is 3.71. The Kier molecular flexibility index (Phi) is 4.27. The van der Waals surface area contributed by atoms with E-state index in [1.165, 1.54) is 0 Å². The van der Waals surface area contributed by atoms with E-state index >= 15 is 0 Å². The van der Waals surface area contributed by atoms with Gasteiger partial charge in [0.25, 0.3) is 0 Å². The smallest absolute Gasteiger partial charge is 0.389 e. The van der Waals surface area contributed by atoms with Crippen LogP contribution in [0.15, 0.2) is 0 Å². The highest BCUT2D eigenvalue weighted by Gasteiger charge is 2.42. The van der Waals surface area contributed by atoms with Gasteiger partial charge in [-0.2, -0.15) is 13.2 Å². The lowest BCUT2D eigenvalue weighted by molar-refractivity contribution is -0.158. The summed E-state index contributed by atoms with van der Waals surface area (Å²) >= 11 is 0. The molecule has 0 aromatic rings. The van der Waals surface area contributed by atoms with Gasteiger partial charge in [-0.15, -0.1) is 0 Å². The number of alkyl halides is 3. The molecule has 1 saturated carbocycles. The molecule has 1 rings (SSSR count). The molecule has 4 heteroatoms. The minimum absolute atomic E-state index is 0.0172. The van der Waals surface area contributed by atoms with Crippen molar-refractivity contribution in [2.75, 3.05) is 0 Å². The number of aliphatic hydroxyl groups is 1. The minimum atomic E-state index is -4.16. The van der Waals surface area contributed by atoms with Crippen LogP contribution in [-0.2, 0) is 0 Å². The molecule has 2 atom stereocenters. The maximum atomic E-state index is 12.2. The lowest BCUT2D eigenvalue weighted by Gasteiger charge is -2.42. The summed E-state index contributed by atoms with van der Waals surface area (Å²) in [4.78, 5) is 0. The van der Waals surface area contributed by atoms with Gasteiger partial charge in [-0.05, 0) is 31.1 Å². The van der Waals surface area contributed by atoms with Crippen LogP contribution in [0.2, 0.25) is 0 Å². The van der Waals surface area contributed by atoms with Gasteiger partial charge in [-0.25, -0.2) is 0 Å². The maximum absolute atomic E-state index is 12.2. The van der Waals surface area contributed by atoms with Crippen LogP contribution in [0, 0.1) is 11.8 Å². The second kappa shape index (κ2) is 4.94. The van der Waals surface area contributed by atoms with Crippen molar-refractivity contribution in [3.05, 3.63) is 0 Å². The van der Waals surface area contributed by atoms with Gasteiger partial charge in [0.05, 0.1) is 5.60 Å². The average molecular weight is 238 g/mol. The molecule has 0 spiro atoms. The third-order valence-electron chi connectivity index (χ3n) is 3.71. The first-order chi connectivity index (χ1) is 7.25. The number of hydrogen-bond acceptors (Lipinski definition) is 1. The SMILES string of the molecule is CC(C)C1CCCCC1(O)CCC(F)(F)F. The Labute approximate surface area is 95.0 Å². The van der Waals surface area contributed by atoms with E-state index in [4.69, 9.17) is 0 Å². The molecule has 1 N–H and O–H groups in total. The van der Waals surface area contributed by atoms with E-state index in [1.54, 1.807) is 0 Å². The molecule has 0 aromatic carbocycles. The summed E-state index contributed by atoms with van der Waals surface area (Å²) in [7, 11) is 0. The average Bonchev–Trinajstić information content (AvgIpc) is 2.14. The van der Waals surface area contributed by atoms with Crippen LogP contribution in [0.3, 0.4) is 0 Å². The van der Waals surface area contributed by atoms with Crippen molar-refractivity contribution in [3.8, 4) is 0 Å². The Bertz CT molecular complexity index is 225. The zero-order valence-corrected chi connectivity index (χ0v) is 9.98. The summed E-state index contributed by atoms with van der Waals surface area (Å²) in [5.74, 6) is 0.266. The van der Waals surface area contributed by atoms with Crippen LogP contribution < -0.4 is 0 Å². The second-order valence-electron chi connectivity index (χ2n) is 5.32. The number of hydrogen-bond donors (Lipinski definition) is 1. The Hall–Kier alpha value is -0.250. The van der Waals surface area contributed by atoms with Gasteiger partial charge in [-0.3, -0.25) is 0 Å². The molecule has 1 fully saturated rings. The van der Waals surface area contributed by atoms with Crippen molar-refractivity contribution in [2.24, 2.45) is 11.8 Å². The van der Waals surface area contributed by atoms with Crippen molar-refractivity contribution in [3.63, 3.8) is 0 Å². The molecular formula is C12H21F3O. The van der Waals surface area contributed by atoms with Gasteiger partial charge in [0, 0.05) is 6.42 Å². The van der Waals surface area contributed by atoms with E-state index in [2.05, 4.69) is 0 Å². The highest BCUT2D eigenvalue weighted by molar-refractivity contribution is 4.91. The van der Waals surface area contributed by atoms with Crippen molar-refractivity contribution in [2.45, 2.75) is 64.1 Å². The zero-order valence-electron chi connectivity index (χ0n) is 9.98. The van der Waals surface area contributed by atoms with Crippen molar-refractivity contribution < 1.29 is 18.3 Å². The molecule has 0 aromatic heterocycles. The highest BCUT2D eigenvalue weighted by Crippen LogP contribution is 2.42. The van der Waals surface area contributed by atoms with Crippen LogP contribution >= 0.6 is 0 Å². The van der Waals surface area contributed by atoms with Gasteiger partial charge in [-0.1, -0.05) is 26.7 Å². The summed E-state index contributed by atoms with van der Waals surface area (Å²) in [6, 6.07) is 0. The van der Waals surface area contributed by atoms with E-state index in [0.717, 1.165) is 19.3 Å². The van der Waals surface area contributed by atoms with E-state index in [1.807, 2.05) is 13.8 Å². The van der Waals surface area contributed by atoms with Crippen LogP contribution in [0.4, 0.5) is 13.2 Å². The highest BCUT2D eigenvalue weighted by atomic mass is 19.4. The minimum Gasteiger partial charge on any atom is -0.390 e. The maximum Gasteiger partial charge on any atom is 0.389 e. The number of halogens is 3. The van der Waals surface area contributed by atoms with E-state index in [0.29, 0.717) is 6.42 Å². The summed E-state index contributed by atoms with van der Waals surface area (Å²) < 4.78 is 36.6. The Balaban J connectivity index is 2.63. The first-order valence-corrected chi connectivity index (χ1v) is 6.04. The molecular weight excluding hydrogens is 217 g/mol. The van der Waals surface area contributed by atoms with Crippen molar-refractivity contribution >= 4 is 0 Å². The Morgan fingerprint density at radius 3 is 2.44 bits per heavy atom. The molecule has 0 amide bonds. The molecule has 16 heavy (non-hydrogen) atoms. The fraction of sp³-hybridized carbons (Fsp3) is 1.00. The van der Waals surface area contributed by atoms with Gasteiger partial charge in [0.15, 0.2) is 0 Å². The van der Waals surface area contributed by atoms with Crippen LogP contribution in [0.5, 0.6) is 0 Å². The quantitative estimate of drug-likeness (QED) is 0.790. The normalized spacial score (nSPS) is 32.1. The van der Waals surface area contributed by atoms with Gasteiger partial charge in [0.2, 0.25) is 0 Å². The molecule has 0 saturated heterocycles. The van der Waals surface area contributed by atoms with E-state index in [9.17, 15) is 18.3 Å². The molecule has 0 bridgehead atoms. The van der Waals surface area contributed by atoms with Gasteiger partial charge < -0.3 is 5.11 Å². The molecule has 2 unspecified atom stereocenters.